The summed E-state index contributed by atoms with van der Waals surface area (Å²) in [6, 6.07) is 1.50. The molecule has 3 aromatic heterocycles. The predicted octanol–water partition coefficient (Wildman–Crippen LogP) is 1.94. The lowest BCUT2D eigenvalue weighted by atomic mass is 10.0. The van der Waals surface area contributed by atoms with E-state index in [0.717, 1.165) is 22.9 Å². The highest BCUT2D eigenvalue weighted by Crippen LogP contribution is 2.31. The number of aromatic nitrogens is 5. The Labute approximate surface area is 151 Å². The number of anilines is 1. The number of halogens is 3. The number of hydrogen-bond acceptors (Lipinski definition) is 6. The molecule has 1 aliphatic rings. The number of carbonyl (C=O) groups is 1. The van der Waals surface area contributed by atoms with E-state index in [1.807, 2.05) is 11.0 Å². The standard InChI is InChI=1S/C16H16F3N7O/c17-16(18,19)6-12(27)22-9-2-1-5-26(8-9)11-7-21-23-15-13(11)10-3-4-20-14(10)24-25-15/h3-4,7,9H,1-2,5-6,8H2,(H,20,24)(H,22,27). The van der Waals surface area contributed by atoms with Crippen molar-refractivity contribution in [2.75, 3.05) is 18.0 Å². The number of amides is 1. The second-order valence-corrected chi connectivity index (χ2v) is 6.51. The second kappa shape index (κ2) is 6.63. The van der Waals surface area contributed by atoms with Crippen molar-refractivity contribution in [2.45, 2.75) is 31.5 Å². The number of alkyl halides is 3. The third kappa shape index (κ3) is 3.62. The number of H-pyrrole nitrogens is 1. The smallest absolute Gasteiger partial charge is 0.368 e. The Bertz CT molecular complexity index is 987. The third-order valence-corrected chi connectivity index (χ3v) is 4.54. The van der Waals surface area contributed by atoms with E-state index >= 15 is 0 Å². The van der Waals surface area contributed by atoms with E-state index in [9.17, 15) is 18.0 Å². The van der Waals surface area contributed by atoms with Crippen LogP contribution in [0.3, 0.4) is 0 Å². The average Bonchev–Trinajstić information content (AvgIpc) is 3.08. The van der Waals surface area contributed by atoms with Crippen LogP contribution in [0.5, 0.6) is 0 Å². The molecule has 0 radical (unpaired) electrons. The van der Waals surface area contributed by atoms with Gasteiger partial charge in [-0.25, -0.2) is 0 Å². The van der Waals surface area contributed by atoms with Gasteiger partial charge in [0, 0.05) is 30.7 Å². The van der Waals surface area contributed by atoms with Gasteiger partial charge in [-0.3, -0.25) is 4.79 Å². The zero-order valence-electron chi connectivity index (χ0n) is 14.1. The maximum absolute atomic E-state index is 12.4. The molecule has 3 aromatic rings. The summed E-state index contributed by atoms with van der Waals surface area (Å²) in [5.41, 5.74) is 1.78. The van der Waals surface area contributed by atoms with Gasteiger partial charge in [0.05, 0.1) is 17.3 Å². The minimum Gasteiger partial charge on any atom is -0.368 e. The predicted molar refractivity (Wildman–Crippen MR) is 91.0 cm³/mol. The molecule has 1 amide bonds. The molecule has 1 saturated heterocycles. The molecule has 0 bridgehead atoms. The zero-order chi connectivity index (χ0) is 19.0. The fourth-order valence-corrected chi connectivity index (χ4v) is 3.45. The van der Waals surface area contributed by atoms with Crippen molar-refractivity contribution in [2.24, 2.45) is 0 Å². The van der Waals surface area contributed by atoms with Crippen LogP contribution in [0, 0.1) is 0 Å². The Morgan fingerprint density at radius 1 is 1.33 bits per heavy atom. The SMILES string of the molecule is O=C(CC(F)(F)F)NC1CCCN(c2cnnc3nnc4[nH]ccc4c23)C1. The molecule has 1 aliphatic heterocycles. The van der Waals surface area contributed by atoms with Crippen LogP contribution in [0.2, 0.25) is 0 Å². The summed E-state index contributed by atoms with van der Waals surface area (Å²) < 4.78 is 37.2. The number of nitrogens with zero attached hydrogens (tertiary/aromatic N) is 5. The molecule has 0 spiro atoms. The number of nitrogens with one attached hydrogen (secondary N) is 2. The average molecular weight is 379 g/mol. The van der Waals surface area contributed by atoms with Crippen LogP contribution in [-0.4, -0.2) is 56.6 Å². The molecule has 1 unspecified atom stereocenters. The molecule has 0 saturated carbocycles. The van der Waals surface area contributed by atoms with Crippen molar-refractivity contribution >= 4 is 33.7 Å². The fourth-order valence-electron chi connectivity index (χ4n) is 3.45. The lowest BCUT2D eigenvalue weighted by Gasteiger charge is -2.35. The highest BCUT2D eigenvalue weighted by atomic mass is 19.4. The van der Waals surface area contributed by atoms with Crippen molar-refractivity contribution in [1.29, 1.82) is 0 Å². The van der Waals surface area contributed by atoms with Crippen molar-refractivity contribution in [3.63, 3.8) is 0 Å². The van der Waals surface area contributed by atoms with Gasteiger partial charge in [-0.05, 0) is 18.9 Å². The first-order chi connectivity index (χ1) is 12.9. The normalized spacial score (nSPS) is 18.2. The number of fused-ring (bicyclic) bond motifs is 3. The topological polar surface area (TPSA) is 99.7 Å². The summed E-state index contributed by atoms with van der Waals surface area (Å²) in [5.74, 6) is -1.01. The number of aromatic amines is 1. The summed E-state index contributed by atoms with van der Waals surface area (Å²) in [6.07, 6.45) is -1.27. The quantitative estimate of drug-likeness (QED) is 0.722. The fraction of sp³-hybridized carbons (Fsp3) is 0.438. The highest BCUT2D eigenvalue weighted by Gasteiger charge is 2.33. The first-order valence-electron chi connectivity index (χ1n) is 8.47. The van der Waals surface area contributed by atoms with Crippen molar-refractivity contribution in [1.82, 2.24) is 30.7 Å². The van der Waals surface area contributed by atoms with Gasteiger partial charge in [0.2, 0.25) is 11.6 Å². The summed E-state index contributed by atoms with van der Waals surface area (Å²) in [7, 11) is 0. The number of piperidine rings is 1. The first-order valence-corrected chi connectivity index (χ1v) is 8.47. The molecule has 2 N–H and O–H groups in total. The Hall–Kier alpha value is -2.98. The molecule has 4 heterocycles. The molecule has 8 nitrogen and oxygen atoms in total. The first kappa shape index (κ1) is 17.4. The monoisotopic (exact) mass is 379 g/mol. The lowest BCUT2D eigenvalue weighted by Crippen LogP contribution is -2.48. The van der Waals surface area contributed by atoms with Crippen molar-refractivity contribution in [3.05, 3.63) is 18.5 Å². The van der Waals surface area contributed by atoms with E-state index in [1.165, 1.54) is 0 Å². The van der Waals surface area contributed by atoms with E-state index < -0.39 is 18.5 Å². The van der Waals surface area contributed by atoms with Crippen LogP contribution < -0.4 is 10.2 Å². The number of rotatable bonds is 3. The van der Waals surface area contributed by atoms with Crippen LogP contribution in [0.4, 0.5) is 18.9 Å². The van der Waals surface area contributed by atoms with Crippen LogP contribution in [0.15, 0.2) is 18.5 Å². The van der Waals surface area contributed by atoms with Gasteiger partial charge in [-0.2, -0.15) is 18.3 Å². The van der Waals surface area contributed by atoms with E-state index in [1.54, 1.807) is 12.4 Å². The summed E-state index contributed by atoms with van der Waals surface area (Å²) >= 11 is 0. The van der Waals surface area contributed by atoms with Gasteiger partial charge in [-0.1, -0.05) is 0 Å². The molecule has 1 fully saturated rings. The largest absolute Gasteiger partial charge is 0.397 e. The molecule has 0 aromatic carbocycles. The highest BCUT2D eigenvalue weighted by molar-refractivity contribution is 6.08. The lowest BCUT2D eigenvalue weighted by molar-refractivity contribution is -0.154. The molecule has 27 heavy (non-hydrogen) atoms. The second-order valence-electron chi connectivity index (χ2n) is 6.51. The van der Waals surface area contributed by atoms with Crippen LogP contribution in [0.25, 0.3) is 22.1 Å². The Morgan fingerprint density at radius 2 is 2.19 bits per heavy atom. The maximum atomic E-state index is 12.4. The van der Waals surface area contributed by atoms with Gasteiger partial charge in [0.25, 0.3) is 0 Å². The van der Waals surface area contributed by atoms with E-state index in [0.29, 0.717) is 30.8 Å². The van der Waals surface area contributed by atoms with Gasteiger partial charge in [0.15, 0.2) is 5.65 Å². The summed E-state index contributed by atoms with van der Waals surface area (Å²) in [4.78, 5) is 16.6. The third-order valence-electron chi connectivity index (χ3n) is 4.54. The van der Waals surface area contributed by atoms with Crippen LogP contribution in [0.1, 0.15) is 19.3 Å². The number of carbonyl (C=O) groups excluding carboxylic acids is 1. The van der Waals surface area contributed by atoms with E-state index in [2.05, 4.69) is 30.7 Å². The van der Waals surface area contributed by atoms with Crippen molar-refractivity contribution < 1.29 is 18.0 Å². The van der Waals surface area contributed by atoms with Crippen molar-refractivity contribution in [3.8, 4) is 0 Å². The summed E-state index contributed by atoms with van der Waals surface area (Å²) in [6.45, 7) is 1.08. The van der Waals surface area contributed by atoms with E-state index in [4.69, 9.17) is 0 Å². The molecular weight excluding hydrogens is 363 g/mol. The Morgan fingerprint density at radius 3 is 3.00 bits per heavy atom. The molecule has 4 rings (SSSR count). The Kier molecular flexibility index (Phi) is 4.28. The minimum atomic E-state index is -4.51. The van der Waals surface area contributed by atoms with E-state index in [-0.39, 0.29) is 6.04 Å². The van der Waals surface area contributed by atoms with Crippen LogP contribution >= 0.6 is 0 Å². The molecule has 1 atom stereocenters. The molecule has 142 valence electrons. The van der Waals surface area contributed by atoms with Gasteiger partial charge < -0.3 is 15.2 Å². The van der Waals surface area contributed by atoms with Gasteiger partial charge >= 0.3 is 6.18 Å². The van der Waals surface area contributed by atoms with Gasteiger partial charge in [0.1, 0.15) is 6.42 Å². The molecule has 11 heteroatoms. The Balaban J connectivity index is 1.60. The summed E-state index contributed by atoms with van der Waals surface area (Å²) in [5, 5.41) is 20.2. The van der Waals surface area contributed by atoms with Crippen LogP contribution in [-0.2, 0) is 4.79 Å². The minimum absolute atomic E-state index is 0.367. The van der Waals surface area contributed by atoms with Gasteiger partial charge in [-0.15, -0.1) is 15.3 Å². The zero-order valence-corrected chi connectivity index (χ0v) is 14.1. The molecule has 0 aliphatic carbocycles. The number of hydrogen-bond donors (Lipinski definition) is 2. The maximum Gasteiger partial charge on any atom is 0.397 e. The molecular formula is C16H16F3N7O.